The van der Waals surface area contributed by atoms with Crippen LogP contribution in [0.5, 0.6) is 0 Å². The summed E-state index contributed by atoms with van der Waals surface area (Å²) in [5, 5.41) is 13.2. The number of alkyl halides is 3. The molecule has 142 valence electrons. The van der Waals surface area contributed by atoms with Crippen molar-refractivity contribution in [1.82, 2.24) is 4.98 Å². The fourth-order valence-electron chi connectivity index (χ4n) is 3.32. The molecule has 1 aliphatic heterocycles. The Hall–Kier alpha value is -1.49. The molecule has 4 nitrogen and oxygen atoms in total. The number of aliphatic hydroxyl groups excluding tert-OH is 1. The van der Waals surface area contributed by atoms with E-state index in [1.165, 1.54) is 6.20 Å². The normalized spacial score (nSPS) is 29.1. The fraction of sp³-hybridized carbons (Fsp3) is 0.611. The van der Waals surface area contributed by atoms with Gasteiger partial charge in [0.2, 0.25) is 0 Å². The first-order valence-corrected chi connectivity index (χ1v) is 9.00. The minimum Gasteiger partial charge on any atom is -0.393 e. The summed E-state index contributed by atoms with van der Waals surface area (Å²) in [5.41, 5.74) is 1.16. The Kier molecular flexibility index (Phi) is 5.96. The number of aromatic nitrogens is 1. The van der Waals surface area contributed by atoms with Crippen molar-refractivity contribution in [2.75, 3.05) is 11.9 Å². The maximum atomic E-state index is 13.0. The predicted octanol–water partition coefficient (Wildman–Crippen LogP) is 3.77. The molecule has 0 aromatic carbocycles. The van der Waals surface area contributed by atoms with E-state index >= 15 is 0 Å². The highest BCUT2D eigenvalue weighted by Crippen LogP contribution is 2.34. The van der Waals surface area contributed by atoms with E-state index in [0.717, 1.165) is 12.8 Å². The van der Waals surface area contributed by atoms with E-state index in [1.54, 1.807) is 6.07 Å². The third kappa shape index (κ3) is 4.81. The molecule has 3 rings (SSSR count). The van der Waals surface area contributed by atoms with Crippen molar-refractivity contribution >= 4 is 17.3 Å². The molecule has 1 unspecified atom stereocenters. The lowest BCUT2D eigenvalue weighted by molar-refractivity contribution is -0.212. The van der Waals surface area contributed by atoms with Crippen molar-refractivity contribution in [3.63, 3.8) is 0 Å². The molecule has 1 saturated heterocycles. The van der Waals surface area contributed by atoms with Gasteiger partial charge in [0.15, 0.2) is 6.10 Å². The summed E-state index contributed by atoms with van der Waals surface area (Å²) in [6, 6.07) is 1.79. The first kappa shape index (κ1) is 19.3. The lowest BCUT2D eigenvalue weighted by Gasteiger charge is -2.27. The quantitative estimate of drug-likeness (QED) is 0.598. The number of rotatable bonds is 2. The van der Waals surface area contributed by atoms with Crippen LogP contribution in [0, 0.1) is 17.8 Å². The number of halogens is 4. The summed E-state index contributed by atoms with van der Waals surface area (Å²) in [5.74, 6) is 4.63. The Morgan fingerprint density at radius 2 is 1.96 bits per heavy atom. The third-order valence-electron chi connectivity index (χ3n) is 4.73. The van der Waals surface area contributed by atoms with Crippen LogP contribution in [0.2, 0.25) is 5.15 Å². The second-order valence-electron chi connectivity index (χ2n) is 6.70. The van der Waals surface area contributed by atoms with Gasteiger partial charge in [0, 0.05) is 18.8 Å². The van der Waals surface area contributed by atoms with Crippen LogP contribution in [-0.2, 0) is 4.74 Å². The topological polar surface area (TPSA) is 54.4 Å². The number of nitrogens with zero attached hydrogens (tertiary/aromatic N) is 1. The third-order valence-corrected chi connectivity index (χ3v) is 4.94. The highest BCUT2D eigenvalue weighted by molar-refractivity contribution is 6.29. The number of pyridine rings is 1. The summed E-state index contributed by atoms with van der Waals surface area (Å²) in [6.07, 6.45) is -1.77. The minimum atomic E-state index is -4.42. The standard InChI is InChI=1S/C18H20ClF3N2O2/c19-16-9-15(24-13-3-5-14(25)6-4-13)12(10-23-16)2-1-11-7-8-26-17(11)18(20,21)22/h9-11,13-14,17,25H,3-8H2,(H,23,24)/t11?,13?,14?,17-/m1/s1. The fourth-order valence-corrected chi connectivity index (χ4v) is 3.48. The maximum absolute atomic E-state index is 13.0. The molecule has 0 amide bonds. The van der Waals surface area contributed by atoms with E-state index in [-0.39, 0.29) is 30.3 Å². The second-order valence-corrected chi connectivity index (χ2v) is 7.09. The average Bonchev–Trinajstić information content (AvgIpc) is 3.05. The van der Waals surface area contributed by atoms with Crippen molar-refractivity contribution in [1.29, 1.82) is 0 Å². The smallest absolute Gasteiger partial charge is 0.393 e. The number of ether oxygens (including phenoxy) is 1. The molecule has 1 saturated carbocycles. The first-order chi connectivity index (χ1) is 12.3. The summed E-state index contributed by atoms with van der Waals surface area (Å²) >= 11 is 5.96. The average molecular weight is 389 g/mol. The van der Waals surface area contributed by atoms with E-state index < -0.39 is 18.2 Å². The monoisotopic (exact) mass is 388 g/mol. The number of aliphatic hydroxyl groups is 1. The minimum absolute atomic E-state index is 0.0535. The van der Waals surface area contributed by atoms with Gasteiger partial charge in [-0.2, -0.15) is 13.2 Å². The van der Waals surface area contributed by atoms with Crippen LogP contribution in [0.25, 0.3) is 0 Å². The van der Waals surface area contributed by atoms with Crippen LogP contribution < -0.4 is 5.32 Å². The van der Waals surface area contributed by atoms with Crippen LogP contribution in [0.3, 0.4) is 0 Å². The Balaban J connectivity index is 1.76. The van der Waals surface area contributed by atoms with Crippen molar-refractivity contribution in [3.8, 4) is 11.8 Å². The maximum Gasteiger partial charge on any atom is 0.415 e. The van der Waals surface area contributed by atoms with Crippen LogP contribution in [-0.4, -0.2) is 41.1 Å². The molecule has 2 fully saturated rings. The zero-order chi connectivity index (χ0) is 18.7. The van der Waals surface area contributed by atoms with Crippen LogP contribution in [0.4, 0.5) is 18.9 Å². The second kappa shape index (κ2) is 8.03. The zero-order valence-electron chi connectivity index (χ0n) is 14.0. The molecule has 1 aliphatic carbocycles. The molecule has 2 aliphatic rings. The van der Waals surface area contributed by atoms with Gasteiger partial charge in [0.1, 0.15) is 5.15 Å². The summed E-state index contributed by atoms with van der Waals surface area (Å²) in [6.45, 7) is 0.0535. The van der Waals surface area contributed by atoms with Gasteiger partial charge in [0.05, 0.1) is 23.3 Å². The van der Waals surface area contributed by atoms with Gasteiger partial charge < -0.3 is 15.2 Å². The molecule has 0 spiro atoms. The molecule has 2 atom stereocenters. The molecule has 8 heteroatoms. The van der Waals surface area contributed by atoms with E-state index in [4.69, 9.17) is 16.3 Å². The molecule has 26 heavy (non-hydrogen) atoms. The van der Waals surface area contributed by atoms with Gasteiger partial charge in [-0.25, -0.2) is 4.98 Å². The Morgan fingerprint density at radius 1 is 1.23 bits per heavy atom. The molecule has 1 aromatic rings. The van der Waals surface area contributed by atoms with Crippen LogP contribution in [0.1, 0.15) is 37.7 Å². The molecular formula is C18H20ClF3N2O2. The highest BCUT2D eigenvalue weighted by atomic mass is 35.5. The van der Waals surface area contributed by atoms with Gasteiger partial charge in [-0.05, 0) is 38.2 Å². The summed E-state index contributed by atoms with van der Waals surface area (Å²) in [4.78, 5) is 3.99. The zero-order valence-corrected chi connectivity index (χ0v) is 14.8. The largest absolute Gasteiger partial charge is 0.415 e. The van der Waals surface area contributed by atoms with E-state index in [1.807, 2.05) is 0 Å². The Morgan fingerprint density at radius 3 is 2.65 bits per heavy atom. The van der Waals surface area contributed by atoms with Crippen LogP contribution in [0.15, 0.2) is 12.3 Å². The number of nitrogens with one attached hydrogen (secondary N) is 1. The summed E-state index contributed by atoms with van der Waals surface area (Å²) in [7, 11) is 0. The lowest BCUT2D eigenvalue weighted by Crippen LogP contribution is -2.33. The van der Waals surface area contributed by atoms with Gasteiger partial charge in [-0.1, -0.05) is 23.4 Å². The number of hydrogen-bond acceptors (Lipinski definition) is 4. The predicted molar refractivity (Wildman–Crippen MR) is 91.9 cm³/mol. The molecule has 1 aromatic heterocycles. The van der Waals surface area contributed by atoms with Gasteiger partial charge in [0.25, 0.3) is 0 Å². The molecule has 2 heterocycles. The highest BCUT2D eigenvalue weighted by Gasteiger charge is 2.48. The Bertz CT molecular complexity index is 694. The van der Waals surface area contributed by atoms with Gasteiger partial charge >= 0.3 is 6.18 Å². The SMILES string of the molecule is OC1CCC(Nc2cc(Cl)ncc2C#CC2CCO[C@H]2C(F)(F)F)CC1. The molecular weight excluding hydrogens is 369 g/mol. The van der Waals surface area contributed by atoms with Crippen LogP contribution >= 0.6 is 11.6 Å². The summed E-state index contributed by atoms with van der Waals surface area (Å²) < 4.78 is 43.7. The van der Waals surface area contributed by atoms with E-state index in [2.05, 4.69) is 22.1 Å². The number of anilines is 1. The first-order valence-electron chi connectivity index (χ1n) is 8.63. The van der Waals surface area contributed by atoms with Crippen molar-refractivity contribution in [3.05, 3.63) is 23.0 Å². The lowest BCUT2D eigenvalue weighted by atomic mass is 9.93. The van der Waals surface area contributed by atoms with E-state index in [0.29, 0.717) is 24.1 Å². The molecule has 0 radical (unpaired) electrons. The van der Waals surface area contributed by atoms with E-state index in [9.17, 15) is 18.3 Å². The molecule has 0 bridgehead atoms. The van der Waals surface area contributed by atoms with Crippen molar-refractivity contribution in [2.45, 2.75) is 56.5 Å². The van der Waals surface area contributed by atoms with Gasteiger partial charge in [-0.15, -0.1) is 0 Å². The molecule has 2 N–H and O–H groups in total. The van der Waals surface area contributed by atoms with Crippen molar-refractivity contribution < 1.29 is 23.0 Å². The van der Waals surface area contributed by atoms with Crippen molar-refractivity contribution in [2.24, 2.45) is 5.92 Å². The Labute approximate surface area is 155 Å². The number of hydrogen-bond donors (Lipinski definition) is 2. The van der Waals surface area contributed by atoms with Gasteiger partial charge in [-0.3, -0.25) is 0 Å².